The maximum Gasteiger partial charge on any atom is 0.303 e. The Kier molecular flexibility index (Phi) is 19.1. The molecule has 0 atom stereocenters. The molecule has 0 radical (unpaired) electrons. The van der Waals surface area contributed by atoms with Gasteiger partial charge in [-0.2, -0.15) is 0 Å². The Balaban J connectivity index is 0. The first-order valence-electron chi connectivity index (χ1n) is 7.98. The minimum Gasteiger partial charge on any atom is -0.481 e. The molecule has 0 saturated heterocycles. The van der Waals surface area contributed by atoms with Gasteiger partial charge in [-0.3, -0.25) is 9.59 Å². The number of hydrogen-bond donors (Lipinski definition) is 2. The molecule has 0 aromatic rings. The number of carbonyl (C=O) groups is 2. The molecule has 1 amide bonds. The van der Waals surface area contributed by atoms with E-state index in [1.54, 1.807) is 0 Å². The molecule has 0 rings (SSSR count). The molecule has 0 aliphatic carbocycles. The topological polar surface area (TPSA) is 80.4 Å². The van der Waals surface area contributed by atoms with Gasteiger partial charge in [0.05, 0.1) is 0 Å². The second-order valence-corrected chi connectivity index (χ2v) is 5.29. The molecule has 0 fully saturated rings. The van der Waals surface area contributed by atoms with E-state index in [-0.39, 0.29) is 5.91 Å². The zero-order chi connectivity index (χ0) is 15.6. The summed E-state index contributed by atoms with van der Waals surface area (Å²) in [6.07, 6.45) is 14.4. The van der Waals surface area contributed by atoms with Crippen molar-refractivity contribution in [1.82, 2.24) is 0 Å². The van der Waals surface area contributed by atoms with Gasteiger partial charge >= 0.3 is 5.97 Å². The molecule has 0 spiro atoms. The third-order valence-corrected chi connectivity index (χ3v) is 2.99. The fourth-order valence-corrected chi connectivity index (χ4v) is 1.94. The van der Waals surface area contributed by atoms with Crippen LogP contribution in [0.5, 0.6) is 0 Å². The Bertz CT molecular complexity index is 226. The molecule has 4 heteroatoms. The number of primary amides is 1. The fraction of sp³-hybridized carbons (Fsp3) is 0.875. The van der Waals surface area contributed by atoms with E-state index in [2.05, 4.69) is 12.7 Å². The average Bonchev–Trinajstić information content (AvgIpc) is 2.35. The van der Waals surface area contributed by atoms with Gasteiger partial charge in [-0.25, -0.2) is 0 Å². The standard InChI is InChI=1S/C14H28O2.C2H5NO/c1-2-3-4-5-6-7-8-9-10-11-12-13-14(15)16;1-2(3)4/h2-13H2,1H3,(H,15,16);1H3,(H2,3,4). The van der Waals surface area contributed by atoms with Crippen molar-refractivity contribution in [2.75, 3.05) is 0 Å². The van der Waals surface area contributed by atoms with Crippen molar-refractivity contribution in [3.05, 3.63) is 0 Å². The number of carboxylic acids is 1. The van der Waals surface area contributed by atoms with Gasteiger partial charge in [0.1, 0.15) is 0 Å². The monoisotopic (exact) mass is 287 g/mol. The van der Waals surface area contributed by atoms with Crippen molar-refractivity contribution >= 4 is 11.9 Å². The summed E-state index contributed by atoms with van der Waals surface area (Å²) in [4.78, 5) is 19.5. The lowest BCUT2D eigenvalue weighted by Gasteiger charge is -2.01. The van der Waals surface area contributed by atoms with Crippen LogP contribution in [0.15, 0.2) is 0 Å². The Labute approximate surface area is 124 Å². The molecule has 0 aliphatic heterocycles. The molecule has 0 saturated carbocycles. The van der Waals surface area contributed by atoms with E-state index >= 15 is 0 Å². The van der Waals surface area contributed by atoms with Gasteiger partial charge in [0, 0.05) is 13.3 Å². The number of rotatable bonds is 12. The number of amides is 1. The van der Waals surface area contributed by atoms with E-state index in [0.717, 1.165) is 12.8 Å². The number of nitrogens with two attached hydrogens (primary N) is 1. The van der Waals surface area contributed by atoms with Crippen LogP contribution in [0, 0.1) is 0 Å². The van der Waals surface area contributed by atoms with Crippen molar-refractivity contribution in [3.8, 4) is 0 Å². The molecule has 20 heavy (non-hydrogen) atoms. The first-order chi connectivity index (χ1) is 9.50. The maximum atomic E-state index is 10.3. The van der Waals surface area contributed by atoms with E-state index in [9.17, 15) is 9.59 Å². The predicted octanol–water partition coefficient (Wildman–Crippen LogP) is 4.26. The summed E-state index contributed by atoms with van der Waals surface area (Å²) in [6, 6.07) is 0. The van der Waals surface area contributed by atoms with Crippen LogP contribution in [0.3, 0.4) is 0 Å². The summed E-state index contributed by atoms with van der Waals surface area (Å²) in [6.45, 7) is 3.55. The average molecular weight is 287 g/mol. The first kappa shape index (κ1) is 21.2. The van der Waals surface area contributed by atoms with Crippen molar-refractivity contribution in [3.63, 3.8) is 0 Å². The van der Waals surface area contributed by atoms with Gasteiger partial charge in [0.2, 0.25) is 5.91 Å². The van der Waals surface area contributed by atoms with Crippen LogP contribution in [0.1, 0.15) is 90.9 Å². The number of unbranched alkanes of at least 4 members (excludes halogenated alkanes) is 10. The number of hydrogen-bond acceptors (Lipinski definition) is 2. The first-order valence-corrected chi connectivity index (χ1v) is 7.98. The molecule has 0 bridgehead atoms. The van der Waals surface area contributed by atoms with Crippen LogP contribution in [0.2, 0.25) is 0 Å². The number of carboxylic acid groups (broad SMARTS) is 1. The third kappa shape index (κ3) is 30.2. The van der Waals surface area contributed by atoms with Gasteiger partial charge < -0.3 is 10.8 Å². The maximum absolute atomic E-state index is 10.3. The molecule has 0 unspecified atom stereocenters. The van der Waals surface area contributed by atoms with E-state index in [1.165, 1.54) is 64.7 Å². The Morgan fingerprint density at radius 3 is 1.40 bits per heavy atom. The van der Waals surface area contributed by atoms with Gasteiger partial charge in [0.25, 0.3) is 0 Å². The quantitative estimate of drug-likeness (QED) is 0.526. The van der Waals surface area contributed by atoms with Crippen molar-refractivity contribution in [2.24, 2.45) is 5.73 Å². The highest BCUT2D eigenvalue weighted by molar-refractivity contribution is 5.70. The van der Waals surface area contributed by atoms with Crippen LogP contribution in [0.25, 0.3) is 0 Å². The minimum absolute atomic E-state index is 0.333. The normalized spacial score (nSPS) is 9.70. The number of aliphatic carboxylic acids is 1. The third-order valence-electron chi connectivity index (χ3n) is 2.99. The second-order valence-electron chi connectivity index (χ2n) is 5.29. The lowest BCUT2D eigenvalue weighted by atomic mass is 10.1. The molecule has 3 N–H and O–H groups in total. The Morgan fingerprint density at radius 1 is 0.800 bits per heavy atom. The lowest BCUT2D eigenvalue weighted by molar-refractivity contribution is -0.137. The summed E-state index contributed by atoms with van der Waals surface area (Å²) in [5.41, 5.74) is 4.47. The van der Waals surface area contributed by atoms with Crippen LogP contribution >= 0.6 is 0 Å². The van der Waals surface area contributed by atoms with E-state index in [0.29, 0.717) is 6.42 Å². The van der Waals surface area contributed by atoms with Crippen LogP contribution in [-0.4, -0.2) is 17.0 Å². The highest BCUT2D eigenvalue weighted by Crippen LogP contribution is 2.11. The van der Waals surface area contributed by atoms with Crippen molar-refractivity contribution in [1.29, 1.82) is 0 Å². The second kappa shape index (κ2) is 17.9. The predicted molar refractivity (Wildman–Crippen MR) is 83.6 cm³/mol. The summed E-state index contributed by atoms with van der Waals surface area (Å²) in [5, 5.41) is 8.46. The minimum atomic E-state index is -0.657. The van der Waals surface area contributed by atoms with Gasteiger partial charge in [-0.05, 0) is 6.42 Å². The smallest absolute Gasteiger partial charge is 0.303 e. The van der Waals surface area contributed by atoms with Crippen molar-refractivity contribution in [2.45, 2.75) is 90.9 Å². The molecular weight excluding hydrogens is 254 g/mol. The van der Waals surface area contributed by atoms with Crippen molar-refractivity contribution < 1.29 is 14.7 Å². The van der Waals surface area contributed by atoms with E-state index < -0.39 is 5.97 Å². The van der Waals surface area contributed by atoms with E-state index in [1.807, 2.05) is 0 Å². The SMILES string of the molecule is CC(N)=O.CCCCCCCCCCCCCC(=O)O. The largest absolute Gasteiger partial charge is 0.481 e. The van der Waals surface area contributed by atoms with Gasteiger partial charge in [-0.15, -0.1) is 0 Å². The lowest BCUT2D eigenvalue weighted by Crippen LogP contribution is -2.01. The van der Waals surface area contributed by atoms with Gasteiger partial charge in [0.15, 0.2) is 0 Å². The molecular formula is C16H33NO3. The van der Waals surface area contributed by atoms with Crippen LogP contribution < -0.4 is 5.73 Å². The summed E-state index contributed by atoms with van der Waals surface area (Å²) in [5.74, 6) is -0.990. The summed E-state index contributed by atoms with van der Waals surface area (Å²) < 4.78 is 0. The fourth-order valence-electron chi connectivity index (χ4n) is 1.94. The molecule has 120 valence electrons. The molecule has 0 aliphatic rings. The van der Waals surface area contributed by atoms with E-state index in [4.69, 9.17) is 5.11 Å². The zero-order valence-electron chi connectivity index (χ0n) is 13.3. The summed E-state index contributed by atoms with van der Waals surface area (Å²) >= 11 is 0. The van der Waals surface area contributed by atoms with Gasteiger partial charge in [-0.1, -0.05) is 71.1 Å². The molecule has 0 heterocycles. The molecule has 0 aromatic carbocycles. The van der Waals surface area contributed by atoms with Crippen LogP contribution in [-0.2, 0) is 9.59 Å². The molecule has 4 nitrogen and oxygen atoms in total. The highest BCUT2D eigenvalue weighted by Gasteiger charge is 1.96. The highest BCUT2D eigenvalue weighted by atomic mass is 16.4. The Hall–Kier alpha value is -1.06. The van der Waals surface area contributed by atoms with Crippen LogP contribution in [0.4, 0.5) is 0 Å². The summed E-state index contributed by atoms with van der Waals surface area (Å²) in [7, 11) is 0. The zero-order valence-corrected chi connectivity index (χ0v) is 13.3. The molecule has 0 aromatic heterocycles. The Morgan fingerprint density at radius 2 is 1.10 bits per heavy atom. The number of carbonyl (C=O) groups excluding carboxylic acids is 1.